The Morgan fingerprint density at radius 1 is 1.62 bits per heavy atom. The second-order valence-electron chi connectivity index (χ2n) is 4.08. The van der Waals surface area contributed by atoms with Gasteiger partial charge in [0.2, 0.25) is 0 Å². The molecule has 86 valence electrons. The molecule has 0 spiro atoms. The van der Waals surface area contributed by atoms with E-state index in [-0.39, 0.29) is 17.0 Å². The van der Waals surface area contributed by atoms with Crippen molar-refractivity contribution in [3.63, 3.8) is 0 Å². The highest BCUT2D eigenvalue weighted by atomic mass is 79.9. The fraction of sp³-hybridized carbons (Fsp3) is 0.455. The molecule has 0 aromatic carbocycles. The van der Waals surface area contributed by atoms with E-state index < -0.39 is 5.82 Å². The molecule has 1 aliphatic carbocycles. The molecule has 1 aromatic rings. The third-order valence-electron chi connectivity index (χ3n) is 2.96. The molecule has 1 heterocycles. The molecule has 0 bridgehead atoms. The Morgan fingerprint density at radius 2 is 2.38 bits per heavy atom. The Kier molecular flexibility index (Phi) is 3.23. The molecule has 2 rings (SSSR count). The Morgan fingerprint density at radius 3 is 2.88 bits per heavy atom. The van der Waals surface area contributed by atoms with Crippen LogP contribution in [0.15, 0.2) is 18.5 Å². The number of rotatable bonds is 3. The summed E-state index contributed by atoms with van der Waals surface area (Å²) in [5.74, 6) is -0.942. The van der Waals surface area contributed by atoms with Crippen molar-refractivity contribution in [3.05, 3.63) is 29.8 Å². The first-order valence-corrected chi connectivity index (χ1v) is 6.27. The summed E-state index contributed by atoms with van der Waals surface area (Å²) < 4.78 is 13.3. The van der Waals surface area contributed by atoms with E-state index in [0.29, 0.717) is 5.33 Å². The molecular weight excluding hydrogens is 275 g/mol. The van der Waals surface area contributed by atoms with Crippen LogP contribution >= 0.6 is 15.9 Å². The predicted molar refractivity (Wildman–Crippen MR) is 62.0 cm³/mol. The van der Waals surface area contributed by atoms with E-state index in [1.807, 2.05) is 0 Å². The number of pyridine rings is 1. The van der Waals surface area contributed by atoms with Gasteiger partial charge in [0.25, 0.3) is 5.91 Å². The van der Waals surface area contributed by atoms with Gasteiger partial charge in [0.1, 0.15) is 0 Å². The number of aromatic nitrogens is 1. The van der Waals surface area contributed by atoms with Crippen molar-refractivity contribution >= 4 is 21.8 Å². The summed E-state index contributed by atoms with van der Waals surface area (Å²) >= 11 is 3.38. The molecule has 1 saturated carbocycles. The number of carbonyl (C=O) groups excluding carboxylic acids is 1. The normalized spacial score (nSPS) is 17.6. The van der Waals surface area contributed by atoms with E-state index in [9.17, 15) is 9.18 Å². The summed E-state index contributed by atoms with van der Waals surface area (Å²) in [6, 6.07) is 1.39. The van der Waals surface area contributed by atoms with Crippen molar-refractivity contribution in [1.82, 2.24) is 10.3 Å². The molecule has 1 fully saturated rings. The number of halogens is 2. The molecule has 0 aliphatic heterocycles. The molecule has 3 nitrogen and oxygen atoms in total. The Hall–Kier alpha value is -0.970. The lowest BCUT2D eigenvalue weighted by Gasteiger charge is -2.41. The van der Waals surface area contributed by atoms with Gasteiger partial charge in [0, 0.05) is 11.5 Å². The molecule has 0 saturated heterocycles. The first-order valence-electron chi connectivity index (χ1n) is 5.15. The zero-order chi connectivity index (χ0) is 11.6. The van der Waals surface area contributed by atoms with Crippen LogP contribution in [0.3, 0.4) is 0 Å². The van der Waals surface area contributed by atoms with Crippen LogP contribution in [0.5, 0.6) is 0 Å². The number of nitrogens with zero attached hydrogens (tertiary/aromatic N) is 1. The van der Waals surface area contributed by atoms with Gasteiger partial charge in [-0.3, -0.25) is 9.78 Å². The van der Waals surface area contributed by atoms with Gasteiger partial charge in [-0.05, 0) is 25.3 Å². The van der Waals surface area contributed by atoms with Crippen molar-refractivity contribution in [2.45, 2.75) is 24.8 Å². The van der Waals surface area contributed by atoms with Crippen LogP contribution in [0.2, 0.25) is 0 Å². The van der Waals surface area contributed by atoms with Crippen LogP contribution in [0, 0.1) is 5.82 Å². The Balaban J connectivity index is 2.11. The third kappa shape index (κ3) is 2.09. The summed E-state index contributed by atoms with van der Waals surface area (Å²) in [5.41, 5.74) is -0.130. The number of amides is 1. The second kappa shape index (κ2) is 4.49. The largest absolute Gasteiger partial charge is 0.346 e. The molecule has 1 N–H and O–H groups in total. The van der Waals surface area contributed by atoms with Crippen molar-refractivity contribution in [1.29, 1.82) is 0 Å². The van der Waals surface area contributed by atoms with Gasteiger partial charge in [0.05, 0.1) is 17.3 Å². The second-order valence-corrected chi connectivity index (χ2v) is 4.64. The third-order valence-corrected chi connectivity index (χ3v) is 4.04. The van der Waals surface area contributed by atoms with Gasteiger partial charge in [-0.1, -0.05) is 15.9 Å². The van der Waals surface area contributed by atoms with Crippen LogP contribution < -0.4 is 5.32 Å². The summed E-state index contributed by atoms with van der Waals surface area (Å²) in [7, 11) is 0. The lowest BCUT2D eigenvalue weighted by molar-refractivity contribution is 0.0852. The Labute approximate surface area is 102 Å². The van der Waals surface area contributed by atoms with Gasteiger partial charge in [-0.15, -0.1) is 0 Å². The van der Waals surface area contributed by atoms with Crippen LogP contribution in [0.25, 0.3) is 0 Å². The van der Waals surface area contributed by atoms with E-state index in [1.165, 1.54) is 12.3 Å². The van der Waals surface area contributed by atoms with E-state index in [2.05, 4.69) is 26.2 Å². The van der Waals surface area contributed by atoms with Crippen LogP contribution in [0.4, 0.5) is 4.39 Å². The zero-order valence-corrected chi connectivity index (χ0v) is 10.3. The van der Waals surface area contributed by atoms with Gasteiger partial charge >= 0.3 is 0 Å². The van der Waals surface area contributed by atoms with Crippen LogP contribution in [0.1, 0.15) is 29.6 Å². The lowest BCUT2D eigenvalue weighted by atomic mass is 9.78. The molecule has 1 aliphatic rings. The zero-order valence-electron chi connectivity index (χ0n) is 8.67. The summed E-state index contributed by atoms with van der Waals surface area (Å²) in [6.45, 7) is 0. The van der Waals surface area contributed by atoms with Gasteiger partial charge < -0.3 is 5.32 Å². The maximum atomic E-state index is 13.3. The minimum absolute atomic E-state index is 0.0576. The number of alkyl halides is 1. The maximum absolute atomic E-state index is 13.3. The number of nitrogens with one attached hydrogen (secondary N) is 1. The SMILES string of the molecule is O=C(NC1(CBr)CCC1)c1ccncc1F. The topological polar surface area (TPSA) is 42.0 Å². The summed E-state index contributed by atoms with van der Waals surface area (Å²) in [6.07, 6.45) is 5.45. The average Bonchev–Trinajstić information content (AvgIpc) is 2.24. The average molecular weight is 287 g/mol. The number of carbonyl (C=O) groups is 1. The summed E-state index contributed by atoms with van der Waals surface area (Å²) in [5, 5.41) is 3.59. The van der Waals surface area contributed by atoms with Gasteiger partial charge in [-0.2, -0.15) is 0 Å². The Bertz CT molecular complexity index is 401. The monoisotopic (exact) mass is 286 g/mol. The number of hydrogen-bond donors (Lipinski definition) is 1. The minimum Gasteiger partial charge on any atom is -0.346 e. The summed E-state index contributed by atoms with van der Waals surface area (Å²) in [4.78, 5) is 15.4. The molecule has 1 amide bonds. The molecule has 0 radical (unpaired) electrons. The quantitative estimate of drug-likeness (QED) is 0.866. The van der Waals surface area contributed by atoms with Gasteiger partial charge in [-0.25, -0.2) is 4.39 Å². The van der Waals surface area contributed by atoms with Gasteiger partial charge in [0.15, 0.2) is 5.82 Å². The van der Waals surface area contributed by atoms with E-state index in [0.717, 1.165) is 25.5 Å². The van der Waals surface area contributed by atoms with Crippen molar-refractivity contribution in [2.75, 3.05) is 5.33 Å². The van der Waals surface area contributed by atoms with E-state index in [1.54, 1.807) is 0 Å². The van der Waals surface area contributed by atoms with Crippen molar-refractivity contribution in [3.8, 4) is 0 Å². The molecule has 1 aromatic heterocycles. The van der Waals surface area contributed by atoms with E-state index >= 15 is 0 Å². The molecule has 0 unspecified atom stereocenters. The highest BCUT2D eigenvalue weighted by Crippen LogP contribution is 2.33. The fourth-order valence-electron chi connectivity index (χ4n) is 1.76. The first kappa shape index (κ1) is 11.5. The standard InChI is InChI=1S/C11H12BrFN2O/c12-7-11(3-1-4-11)15-10(16)8-2-5-14-6-9(8)13/h2,5-6H,1,3-4,7H2,(H,15,16). The molecule has 5 heteroatoms. The molecular formula is C11H12BrFN2O. The highest BCUT2D eigenvalue weighted by molar-refractivity contribution is 9.09. The maximum Gasteiger partial charge on any atom is 0.254 e. The lowest BCUT2D eigenvalue weighted by Crippen LogP contribution is -2.55. The molecule has 16 heavy (non-hydrogen) atoms. The minimum atomic E-state index is -0.580. The fourth-order valence-corrected chi connectivity index (χ4v) is 2.46. The van der Waals surface area contributed by atoms with E-state index in [4.69, 9.17) is 0 Å². The first-order chi connectivity index (χ1) is 7.67. The van der Waals surface area contributed by atoms with Crippen LogP contribution in [-0.4, -0.2) is 21.8 Å². The smallest absolute Gasteiger partial charge is 0.254 e. The van der Waals surface area contributed by atoms with Crippen molar-refractivity contribution < 1.29 is 9.18 Å². The highest BCUT2D eigenvalue weighted by Gasteiger charge is 2.37. The van der Waals surface area contributed by atoms with Crippen LogP contribution in [-0.2, 0) is 0 Å². The predicted octanol–water partition coefficient (Wildman–Crippen LogP) is 2.27. The van der Waals surface area contributed by atoms with Crippen molar-refractivity contribution in [2.24, 2.45) is 0 Å². The molecule has 0 atom stereocenters. The number of hydrogen-bond acceptors (Lipinski definition) is 2.